The van der Waals surface area contributed by atoms with Gasteiger partial charge in [0, 0.05) is 12.4 Å². The van der Waals surface area contributed by atoms with Crippen LogP contribution in [0.5, 0.6) is 0 Å². The molecule has 0 aliphatic carbocycles. The topological polar surface area (TPSA) is 101 Å². The first kappa shape index (κ1) is 17.0. The summed E-state index contributed by atoms with van der Waals surface area (Å²) in [5, 5.41) is 13.6. The molecule has 3 atom stereocenters. The molecular weight excluding hydrogens is 319 g/mol. The molecule has 3 N–H and O–H groups in total. The van der Waals surface area contributed by atoms with Gasteiger partial charge in [-0.15, -0.1) is 0 Å². The first-order valence-corrected chi connectivity index (χ1v) is 6.65. The van der Waals surface area contributed by atoms with Crippen LogP contribution in [-0.2, 0) is 9.53 Å². The number of alkyl halides is 3. The highest BCUT2D eigenvalue weighted by molar-refractivity contribution is 5.83. The maximum atomic E-state index is 13.3. The number of amides is 2. The summed E-state index contributed by atoms with van der Waals surface area (Å²) in [6.45, 7) is 1.23. The van der Waals surface area contributed by atoms with E-state index in [9.17, 15) is 27.9 Å². The molecule has 23 heavy (non-hydrogen) atoms. The number of aromatic nitrogens is 1. The van der Waals surface area contributed by atoms with Crippen LogP contribution in [0.4, 0.5) is 18.0 Å². The summed E-state index contributed by atoms with van der Waals surface area (Å²) in [6, 6.07) is 0.0901. The summed E-state index contributed by atoms with van der Waals surface area (Å²) in [5.74, 6) is -3.43. The van der Waals surface area contributed by atoms with Gasteiger partial charge < -0.3 is 20.5 Å². The number of hydrogen-bond acceptors (Lipinski definition) is 5. The molecule has 2 heterocycles. The van der Waals surface area contributed by atoms with Crippen molar-refractivity contribution in [2.24, 2.45) is 5.92 Å². The smallest absolute Gasteiger partial charge is 0.437 e. The summed E-state index contributed by atoms with van der Waals surface area (Å²) in [7, 11) is 0. The van der Waals surface area contributed by atoms with Gasteiger partial charge in [-0.1, -0.05) is 6.07 Å². The molecule has 2 rings (SSSR count). The SMILES string of the molecule is CCOC(=O)[C@@H]1[C@H](c2cccnc2)NC(=O)N[C@]1(O)C(F)(F)F. The van der Waals surface area contributed by atoms with E-state index in [2.05, 4.69) is 15.0 Å². The highest BCUT2D eigenvalue weighted by atomic mass is 19.4. The largest absolute Gasteiger partial charge is 0.466 e. The monoisotopic (exact) mass is 333 g/mol. The summed E-state index contributed by atoms with van der Waals surface area (Å²) in [6.07, 6.45) is -2.72. The van der Waals surface area contributed by atoms with E-state index in [-0.39, 0.29) is 12.2 Å². The molecule has 1 saturated heterocycles. The highest BCUT2D eigenvalue weighted by Crippen LogP contribution is 2.42. The first-order chi connectivity index (χ1) is 10.7. The number of hydrogen-bond donors (Lipinski definition) is 3. The first-order valence-electron chi connectivity index (χ1n) is 6.65. The lowest BCUT2D eigenvalue weighted by Gasteiger charge is -2.44. The van der Waals surface area contributed by atoms with Crippen molar-refractivity contribution >= 4 is 12.0 Å². The molecule has 1 aromatic rings. The molecular formula is C13H14F3N3O4. The Kier molecular flexibility index (Phi) is 4.46. The second kappa shape index (κ2) is 6.03. The number of esters is 1. The fourth-order valence-corrected chi connectivity index (χ4v) is 2.37. The molecule has 0 spiro atoms. The zero-order chi connectivity index (χ0) is 17.3. The molecule has 0 aromatic carbocycles. The van der Waals surface area contributed by atoms with Crippen molar-refractivity contribution in [2.45, 2.75) is 24.9 Å². The van der Waals surface area contributed by atoms with E-state index in [4.69, 9.17) is 0 Å². The fraction of sp³-hybridized carbons (Fsp3) is 0.462. The Bertz CT molecular complexity index is 596. The Morgan fingerprint density at radius 2 is 2.22 bits per heavy atom. The molecule has 10 heteroatoms. The minimum absolute atomic E-state index is 0.128. The zero-order valence-corrected chi connectivity index (χ0v) is 11.9. The van der Waals surface area contributed by atoms with Crippen LogP contribution in [0.1, 0.15) is 18.5 Å². The van der Waals surface area contributed by atoms with Crippen molar-refractivity contribution < 1.29 is 32.6 Å². The van der Waals surface area contributed by atoms with Crippen LogP contribution in [0.15, 0.2) is 24.5 Å². The van der Waals surface area contributed by atoms with Crippen molar-refractivity contribution in [3.63, 3.8) is 0 Å². The third-order valence-electron chi connectivity index (χ3n) is 3.39. The average molecular weight is 333 g/mol. The van der Waals surface area contributed by atoms with Crippen LogP contribution in [0.3, 0.4) is 0 Å². The molecule has 1 aliphatic heterocycles. The van der Waals surface area contributed by atoms with Crippen LogP contribution in [0, 0.1) is 5.92 Å². The minimum atomic E-state index is -5.29. The van der Waals surface area contributed by atoms with E-state index in [1.807, 2.05) is 0 Å². The van der Waals surface area contributed by atoms with Gasteiger partial charge in [-0.3, -0.25) is 9.78 Å². The molecule has 0 bridgehead atoms. The molecule has 7 nitrogen and oxygen atoms in total. The number of nitrogens with zero attached hydrogens (tertiary/aromatic N) is 1. The number of pyridine rings is 1. The number of carbonyl (C=O) groups is 2. The van der Waals surface area contributed by atoms with Crippen LogP contribution in [-0.4, -0.2) is 40.6 Å². The molecule has 1 aromatic heterocycles. The van der Waals surface area contributed by atoms with E-state index in [1.54, 1.807) is 0 Å². The Hall–Kier alpha value is -2.36. The quantitative estimate of drug-likeness (QED) is 0.713. The molecule has 0 saturated carbocycles. The Morgan fingerprint density at radius 3 is 2.74 bits per heavy atom. The summed E-state index contributed by atoms with van der Waals surface area (Å²) < 4.78 is 44.6. The van der Waals surface area contributed by atoms with Gasteiger partial charge in [0.25, 0.3) is 5.72 Å². The van der Waals surface area contributed by atoms with E-state index in [0.717, 1.165) is 0 Å². The molecule has 126 valence electrons. The normalized spacial score (nSPS) is 27.8. The minimum Gasteiger partial charge on any atom is -0.466 e. The number of ether oxygens (including phenoxy) is 1. The molecule has 1 aliphatic rings. The van der Waals surface area contributed by atoms with Gasteiger partial charge in [0.2, 0.25) is 0 Å². The maximum absolute atomic E-state index is 13.3. The second-order valence-corrected chi connectivity index (χ2v) is 4.86. The average Bonchev–Trinajstić information content (AvgIpc) is 2.46. The zero-order valence-electron chi connectivity index (χ0n) is 11.9. The lowest BCUT2D eigenvalue weighted by Crippen LogP contribution is -2.73. The maximum Gasteiger partial charge on any atom is 0.437 e. The number of aliphatic hydroxyl groups is 1. The Balaban J connectivity index is 2.54. The molecule has 0 unspecified atom stereocenters. The number of halogens is 3. The van der Waals surface area contributed by atoms with E-state index >= 15 is 0 Å². The van der Waals surface area contributed by atoms with Crippen LogP contribution < -0.4 is 10.6 Å². The van der Waals surface area contributed by atoms with Gasteiger partial charge in [0.1, 0.15) is 5.92 Å². The lowest BCUT2D eigenvalue weighted by atomic mass is 9.82. The van der Waals surface area contributed by atoms with Crippen LogP contribution in [0.2, 0.25) is 0 Å². The molecule has 1 fully saturated rings. The van der Waals surface area contributed by atoms with Gasteiger partial charge in [-0.05, 0) is 18.6 Å². The predicted molar refractivity (Wildman–Crippen MR) is 69.8 cm³/mol. The van der Waals surface area contributed by atoms with E-state index in [0.29, 0.717) is 0 Å². The molecule has 2 amide bonds. The number of carbonyl (C=O) groups excluding carboxylic acids is 2. The van der Waals surface area contributed by atoms with E-state index < -0.39 is 35.9 Å². The number of rotatable bonds is 3. The lowest BCUT2D eigenvalue weighted by molar-refractivity contribution is -0.294. The number of nitrogens with one attached hydrogen (secondary N) is 2. The third-order valence-corrected chi connectivity index (χ3v) is 3.39. The summed E-state index contributed by atoms with van der Waals surface area (Å²) >= 11 is 0. The Labute approximate surface area is 128 Å². The van der Waals surface area contributed by atoms with Crippen LogP contribution >= 0.6 is 0 Å². The van der Waals surface area contributed by atoms with Crippen LogP contribution in [0.25, 0.3) is 0 Å². The van der Waals surface area contributed by atoms with Gasteiger partial charge >= 0.3 is 18.2 Å². The highest BCUT2D eigenvalue weighted by Gasteiger charge is 2.67. The van der Waals surface area contributed by atoms with Gasteiger partial charge in [-0.2, -0.15) is 13.2 Å². The Morgan fingerprint density at radius 1 is 1.52 bits per heavy atom. The molecule has 0 radical (unpaired) electrons. The van der Waals surface area contributed by atoms with Crippen molar-refractivity contribution in [1.82, 2.24) is 15.6 Å². The predicted octanol–water partition coefficient (Wildman–Crippen LogP) is 0.866. The fourth-order valence-electron chi connectivity index (χ4n) is 2.37. The standard InChI is InChI=1S/C13H14F3N3O4/c1-2-23-10(20)8-9(7-4-3-5-17-6-7)18-11(21)19-12(8,22)13(14,15)16/h3-6,8-9,22H,2H2,1H3,(H2,18,19,21)/t8-,9-,12+/m0/s1. The van der Waals surface area contributed by atoms with Crippen molar-refractivity contribution in [3.8, 4) is 0 Å². The van der Waals surface area contributed by atoms with E-state index in [1.165, 1.54) is 36.8 Å². The summed E-state index contributed by atoms with van der Waals surface area (Å²) in [5.41, 5.74) is -3.63. The van der Waals surface area contributed by atoms with Gasteiger partial charge in [0.05, 0.1) is 12.6 Å². The van der Waals surface area contributed by atoms with Gasteiger partial charge in [-0.25, -0.2) is 4.79 Å². The third kappa shape index (κ3) is 3.07. The summed E-state index contributed by atoms with van der Waals surface area (Å²) in [4.78, 5) is 27.4. The van der Waals surface area contributed by atoms with Crippen molar-refractivity contribution in [3.05, 3.63) is 30.1 Å². The second-order valence-electron chi connectivity index (χ2n) is 4.86. The van der Waals surface area contributed by atoms with Gasteiger partial charge in [0.15, 0.2) is 0 Å². The van der Waals surface area contributed by atoms with Crippen molar-refractivity contribution in [1.29, 1.82) is 0 Å². The number of urea groups is 1. The van der Waals surface area contributed by atoms with Crippen molar-refractivity contribution in [2.75, 3.05) is 6.61 Å².